The van der Waals surface area contributed by atoms with Crippen LogP contribution in [0, 0.1) is 0 Å². The minimum absolute atomic E-state index is 0.135. The summed E-state index contributed by atoms with van der Waals surface area (Å²) in [5.74, 6) is -1.10. The molecule has 6 nitrogen and oxygen atoms in total. The van der Waals surface area contributed by atoms with Crippen LogP contribution >= 0.6 is 0 Å². The maximum Gasteiger partial charge on any atom is 0.305 e. The van der Waals surface area contributed by atoms with Crippen molar-refractivity contribution in [2.75, 3.05) is 33.7 Å². The smallest absolute Gasteiger partial charge is 0.305 e. The summed E-state index contributed by atoms with van der Waals surface area (Å²) in [7, 11) is 3.93. The van der Waals surface area contributed by atoms with Crippen molar-refractivity contribution >= 4 is 11.9 Å². The molecule has 0 saturated carbocycles. The van der Waals surface area contributed by atoms with Gasteiger partial charge < -0.3 is 15.3 Å². The van der Waals surface area contributed by atoms with Crippen LogP contribution < -0.4 is 5.32 Å². The van der Waals surface area contributed by atoms with Crippen LogP contribution in [-0.4, -0.2) is 72.6 Å². The van der Waals surface area contributed by atoms with Gasteiger partial charge in [-0.05, 0) is 27.4 Å². The standard InChI is InChI=1S/C12H23N3O3/c1-9-4-5-13-12(18)10(8-11(16)17)15(9)7-6-14(2)3/h9-10H,4-8H2,1-3H3,(H,13,18)(H,16,17). The normalized spacial score (nSPS) is 25.9. The highest BCUT2D eigenvalue weighted by Crippen LogP contribution is 2.15. The van der Waals surface area contributed by atoms with Crippen LogP contribution in [0.5, 0.6) is 0 Å². The number of nitrogens with zero attached hydrogens (tertiary/aromatic N) is 2. The number of hydrogen-bond acceptors (Lipinski definition) is 4. The molecule has 2 N–H and O–H groups in total. The lowest BCUT2D eigenvalue weighted by atomic mass is 10.1. The van der Waals surface area contributed by atoms with E-state index in [0.717, 1.165) is 13.0 Å². The summed E-state index contributed by atoms with van der Waals surface area (Å²) < 4.78 is 0. The van der Waals surface area contributed by atoms with Crippen LogP contribution in [0.1, 0.15) is 19.8 Å². The largest absolute Gasteiger partial charge is 0.481 e. The fourth-order valence-corrected chi connectivity index (χ4v) is 2.21. The van der Waals surface area contributed by atoms with E-state index in [-0.39, 0.29) is 18.4 Å². The lowest BCUT2D eigenvalue weighted by Crippen LogP contribution is -2.50. The molecule has 1 fully saturated rings. The molecule has 104 valence electrons. The van der Waals surface area contributed by atoms with Gasteiger partial charge >= 0.3 is 5.97 Å². The SMILES string of the molecule is CC1CCNC(=O)C(CC(=O)O)N1CCN(C)C. The molecular formula is C12H23N3O3. The minimum Gasteiger partial charge on any atom is -0.481 e. The van der Waals surface area contributed by atoms with Gasteiger partial charge in [-0.15, -0.1) is 0 Å². The molecule has 6 heteroatoms. The molecule has 1 aliphatic heterocycles. The second-order valence-corrected chi connectivity index (χ2v) is 5.08. The van der Waals surface area contributed by atoms with E-state index in [1.54, 1.807) is 0 Å². The lowest BCUT2D eigenvalue weighted by Gasteiger charge is -2.33. The first-order chi connectivity index (χ1) is 8.41. The fraction of sp³-hybridized carbons (Fsp3) is 0.833. The molecule has 0 bridgehead atoms. The number of aliphatic carboxylic acids is 1. The van der Waals surface area contributed by atoms with Gasteiger partial charge in [0.25, 0.3) is 0 Å². The van der Waals surface area contributed by atoms with E-state index in [9.17, 15) is 9.59 Å². The zero-order chi connectivity index (χ0) is 13.7. The molecule has 0 aromatic rings. The van der Waals surface area contributed by atoms with Gasteiger partial charge in [0.1, 0.15) is 0 Å². The Kier molecular flexibility index (Phi) is 5.55. The van der Waals surface area contributed by atoms with Crippen molar-refractivity contribution in [3.05, 3.63) is 0 Å². The van der Waals surface area contributed by atoms with Crippen molar-refractivity contribution in [3.63, 3.8) is 0 Å². The van der Waals surface area contributed by atoms with E-state index < -0.39 is 12.0 Å². The third-order valence-electron chi connectivity index (χ3n) is 3.30. The summed E-state index contributed by atoms with van der Waals surface area (Å²) in [6.07, 6.45) is 0.721. The average Bonchev–Trinajstić information content (AvgIpc) is 2.37. The highest BCUT2D eigenvalue weighted by atomic mass is 16.4. The summed E-state index contributed by atoms with van der Waals surface area (Å²) >= 11 is 0. The van der Waals surface area contributed by atoms with Gasteiger partial charge in [-0.3, -0.25) is 14.5 Å². The molecule has 0 radical (unpaired) electrons. The number of carboxylic acids is 1. The first-order valence-corrected chi connectivity index (χ1v) is 6.31. The monoisotopic (exact) mass is 257 g/mol. The summed E-state index contributed by atoms with van der Waals surface area (Å²) in [5.41, 5.74) is 0. The molecule has 0 aliphatic carbocycles. The third kappa shape index (κ3) is 4.27. The molecule has 1 amide bonds. The second-order valence-electron chi connectivity index (χ2n) is 5.08. The van der Waals surface area contributed by atoms with E-state index >= 15 is 0 Å². The maximum atomic E-state index is 11.9. The van der Waals surface area contributed by atoms with E-state index in [2.05, 4.69) is 5.32 Å². The van der Waals surface area contributed by atoms with Crippen molar-refractivity contribution in [3.8, 4) is 0 Å². The quantitative estimate of drug-likeness (QED) is 0.701. The molecule has 0 aromatic heterocycles. The van der Waals surface area contributed by atoms with E-state index in [4.69, 9.17) is 5.11 Å². The Labute approximate surface area is 108 Å². The van der Waals surface area contributed by atoms with Crippen molar-refractivity contribution in [1.82, 2.24) is 15.1 Å². The summed E-state index contributed by atoms with van der Waals surface area (Å²) in [5, 5.41) is 11.7. The summed E-state index contributed by atoms with van der Waals surface area (Å²) in [6.45, 7) is 4.19. The van der Waals surface area contributed by atoms with Crippen LogP contribution in [0.4, 0.5) is 0 Å². The van der Waals surface area contributed by atoms with E-state index in [1.165, 1.54) is 0 Å². The fourth-order valence-electron chi connectivity index (χ4n) is 2.21. The zero-order valence-corrected chi connectivity index (χ0v) is 11.3. The molecule has 18 heavy (non-hydrogen) atoms. The number of nitrogens with one attached hydrogen (secondary N) is 1. The van der Waals surface area contributed by atoms with Crippen LogP contribution in [0.25, 0.3) is 0 Å². The second kappa shape index (κ2) is 6.70. The number of hydrogen-bond donors (Lipinski definition) is 2. The van der Waals surface area contributed by atoms with Crippen molar-refractivity contribution in [1.29, 1.82) is 0 Å². The predicted molar refractivity (Wildman–Crippen MR) is 68.4 cm³/mol. The number of carbonyl (C=O) groups excluding carboxylic acids is 1. The van der Waals surface area contributed by atoms with Gasteiger partial charge in [-0.2, -0.15) is 0 Å². The number of amides is 1. The van der Waals surface area contributed by atoms with Crippen molar-refractivity contribution in [2.24, 2.45) is 0 Å². The molecule has 0 spiro atoms. The van der Waals surface area contributed by atoms with Gasteiger partial charge in [0.05, 0.1) is 12.5 Å². The lowest BCUT2D eigenvalue weighted by molar-refractivity contribution is -0.142. The van der Waals surface area contributed by atoms with E-state index in [1.807, 2.05) is 30.8 Å². The minimum atomic E-state index is -0.931. The summed E-state index contributed by atoms with van der Waals surface area (Å²) in [4.78, 5) is 26.9. The first-order valence-electron chi connectivity index (χ1n) is 6.31. The number of carboxylic acid groups (broad SMARTS) is 1. The Balaban J connectivity index is 2.78. The Bertz CT molecular complexity index is 307. The average molecular weight is 257 g/mol. The van der Waals surface area contributed by atoms with Gasteiger partial charge in [0.15, 0.2) is 0 Å². The van der Waals surface area contributed by atoms with Gasteiger partial charge in [0, 0.05) is 25.7 Å². The number of rotatable bonds is 5. The number of carbonyl (C=O) groups is 2. The first kappa shape index (κ1) is 14.9. The Morgan fingerprint density at radius 1 is 1.56 bits per heavy atom. The molecule has 0 aromatic carbocycles. The Morgan fingerprint density at radius 3 is 2.78 bits per heavy atom. The molecule has 1 saturated heterocycles. The highest BCUT2D eigenvalue weighted by molar-refractivity contribution is 5.86. The van der Waals surface area contributed by atoms with Gasteiger partial charge in [-0.25, -0.2) is 0 Å². The predicted octanol–water partition coefficient (Wildman–Crippen LogP) is -0.398. The van der Waals surface area contributed by atoms with Crippen molar-refractivity contribution in [2.45, 2.75) is 31.8 Å². The molecule has 1 rings (SSSR count). The molecular weight excluding hydrogens is 234 g/mol. The molecule has 1 aliphatic rings. The molecule has 2 atom stereocenters. The maximum absolute atomic E-state index is 11.9. The topological polar surface area (TPSA) is 72.9 Å². The highest BCUT2D eigenvalue weighted by Gasteiger charge is 2.33. The zero-order valence-electron chi connectivity index (χ0n) is 11.3. The van der Waals surface area contributed by atoms with Crippen LogP contribution in [0.2, 0.25) is 0 Å². The van der Waals surface area contributed by atoms with E-state index in [0.29, 0.717) is 13.1 Å². The van der Waals surface area contributed by atoms with Crippen LogP contribution in [0.3, 0.4) is 0 Å². The van der Waals surface area contributed by atoms with Crippen LogP contribution in [0.15, 0.2) is 0 Å². The van der Waals surface area contributed by atoms with Crippen LogP contribution in [-0.2, 0) is 9.59 Å². The molecule has 2 unspecified atom stereocenters. The number of likely N-dealkylation sites (N-methyl/N-ethyl adjacent to an activating group) is 1. The van der Waals surface area contributed by atoms with Gasteiger partial charge in [0.2, 0.25) is 5.91 Å². The Morgan fingerprint density at radius 2 is 2.22 bits per heavy atom. The summed E-state index contributed by atoms with van der Waals surface area (Å²) in [6, 6.07) is -0.340. The Hall–Kier alpha value is -1.14. The van der Waals surface area contributed by atoms with Gasteiger partial charge in [-0.1, -0.05) is 0 Å². The third-order valence-corrected chi connectivity index (χ3v) is 3.30. The van der Waals surface area contributed by atoms with Crippen molar-refractivity contribution < 1.29 is 14.7 Å². The molecule has 1 heterocycles.